The van der Waals surface area contributed by atoms with Gasteiger partial charge in [0.1, 0.15) is 13.4 Å². The van der Waals surface area contributed by atoms with Crippen molar-refractivity contribution in [3.8, 4) is 0 Å². The van der Waals surface area contributed by atoms with Crippen LogP contribution in [0.5, 0.6) is 0 Å². The minimum absolute atomic E-state index is 0.170. The van der Waals surface area contributed by atoms with Gasteiger partial charge >= 0.3 is 5.97 Å². The zero-order chi connectivity index (χ0) is 22.6. The van der Waals surface area contributed by atoms with Crippen LogP contribution in [0.1, 0.15) is 86.5 Å². The first kappa shape index (κ1) is 25.4. The highest BCUT2D eigenvalue weighted by Crippen LogP contribution is 2.63. The van der Waals surface area contributed by atoms with Gasteiger partial charge in [0.15, 0.2) is 0 Å². The van der Waals surface area contributed by atoms with E-state index in [1.807, 2.05) is 6.92 Å². The fourth-order valence-electron chi connectivity index (χ4n) is 6.43. The van der Waals surface area contributed by atoms with Crippen LogP contribution in [0.25, 0.3) is 0 Å². The smallest absolute Gasteiger partial charge is 0.302 e. The summed E-state index contributed by atoms with van der Waals surface area (Å²) in [5, 5.41) is 10.6. The third-order valence-corrected chi connectivity index (χ3v) is 8.12. The molecule has 0 amide bonds. The van der Waals surface area contributed by atoms with Crippen LogP contribution in [0.3, 0.4) is 0 Å². The van der Waals surface area contributed by atoms with Gasteiger partial charge in [-0.25, -0.2) is 0 Å². The van der Waals surface area contributed by atoms with Crippen LogP contribution < -0.4 is 0 Å². The summed E-state index contributed by atoms with van der Waals surface area (Å²) in [6.07, 6.45) is 9.09. The zero-order valence-corrected chi connectivity index (χ0v) is 20.1. The third kappa shape index (κ3) is 5.86. The van der Waals surface area contributed by atoms with Crippen molar-refractivity contribution in [3.05, 3.63) is 12.7 Å². The minimum Gasteiger partial charge on any atom is -0.463 e. The Morgan fingerprint density at radius 2 is 1.90 bits per heavy atom. The molecule has 5 heteroatoms. The van der Waals surface area contributed by atoms with Crippen molar-refractivity contribution in [1.82, 2.24) is 0 Å². The Kier molecular flexibility index (Phi) is 8.20. The molecule has 5 atom stereocenters. The average molecular weight is 425 g/mol. The monoisotopic (exact) mass is 424 g/mol. The molecule has 0 aromatic rings. The van der Waals surface area contributed by atoms with Gasteiger partial charge in [-0.05, 0) is 75.0 Å². The number of esters is 1. The second kappa shape index (κ2) is 9.70. The van der Waals surface area contributed by atoms with Crippen molar-refractivity contribution in [1.29, 1.82) is 0 Å². The fourth-order valence-corrected chi connectivity index (χ4v) is 6.43. The van der Waals surface area contributed by atoms with Crippen LogP contribution in [0.4, 0.5) is 0 Å². The maximum atomic E-state index is 10.9. The van der Waals surface area contributed by atoms with E-state index in [0.717, 1.165) is 19.3 Å². The van der Waals surface area contributed by atoms with Crippen LogP contribution in [-0.2, 0) is 19.0 Å². The normalized spacial score (nSPS) is 35.2. The predicted octanol–water partition coefficient (Wildman–Crippen LogP) is 5.26. The Hall–Kier alpha value is -0.910. The molecule has 1 N–H and O–H groups in total. The number of ether oxygens (including phenoxy) is 3. The number of hydrogen-bond donors (Lipinski definition) is 1. The average Bonchev–Trinajstić information content (AvgIpc) is 2.63. The van der Waals surface area contributed by atoms with E-state index < -0.39 is 5.60 Å². The van der Waals surface area contributed by atoms with Crippen LogP contribution in [0, 0.1) is 22.7 Å². The lowest BCUT2D eigenvalue weighted by atomic mass is 9.45. The van der Waals surface area contributed by atoms with Gasteiger partial charge in [-0.3, -0.25) is 4.79 Å². The Morgan fingerprint density at radius 3 is 2.53 bits per heavy atom. The SMILES string of the molecule is C=CC(C)(O)CC[C@H]1C(C)(OCOCCOC(C)=O)CCC2C(C)(C)CCC[C@@]21C. The highest BCUT2D eigenvalue weighted by Gasteiger charge is 2.58. The maximum Gasteiger partial charge on any atom is 0.302 e. The second-order valence-electron chi connectivity index (χ2n) is 10.9. The summed E-state index contributed by atoms with van der Waals surface area (Å²) in [5.74, 6) is 0.679. The van der Waals surface area contributed by atoms with Crippen molar-refractivity contribution in [2.45, 2.75) is 97.7 Å². The van der Waals surface area contributed by atoms with Crippen molar-refractivity contribution < 1.29 is 24.1 Å². The standard InChI is InChI=1S/C25H44O5/c1-8-23(5,27)14-10-21-24(6)13-9-12-22(3,4)20(24)11-15-25(21,7)30-18-28-16-17-29-19(2)26/h8,20-21,27H,1,9-18H2,2-7H3/t20?,21-,23?,24+,25?/m1/s1. The van der Waals surface area contributed by atoms with E-state index in [-0.39, 0.29) is 30.4 Å². The van der Waals surface area contributed by atoms with Gasteiger partial charge in [0.25, 0.3) is 0 Å². The highest BCUT2D eigenvalue weighted by atomic mass is 16.7. The highest BCUT2D eigenvalue weighted by molar-refractivity contribution is 5.65. The Labute approximate surface area is 183 Å². The molecule has 2 aliphatic rings. The maximum absolute atomic E-state index is 10.9. The fraction of sp³-hybridized carbons (Fsp3) is 0.880. The molecular formula is C25H44O5. The van der Waals surface area contributed by atoms with Gasteiger partial charge < -0.3 is 19.3 Å². The molecule has 2 aliphatic carbocycles. The topological polar surface area (TPSA) is 65.0 Å². The Bertz CT molecular complexity index is 598. The zero-order valence-electron chi connectivity index (χ0n) is 20.1. The van der Waals surface area contributed by atoms with Crippen LogP contribution in [-0.4, -0.2) is 42.3 Å². The summed E-state index contributed by atoms with van der Waals surface area (Å²) >= 11 is 0. The first-order chi connectivity index (χ1) is 13.9. The molecular weight excluding hydrogens is 380 g/mol. The van der Waals surface area contributed by atoms with Gasteiger partial charge in [0.2, 0.25) is 0 Å². The van der Waals surface area contributed by atoms with E-state index in [2.05, 4.69) is 34.3 Å². The summed E-state index contributed by atoms with van der Waals surface area (Å²) < 4.78 is 16.9. The Balaban J connectivity index is 2.14. The summed E-state index contributed by atoms with van der Waals surface area (Å²) in [5.41, 5.74) is -0.677. The van der Waals surface area contributed by atoms with E-state index in [9.17, 15) is 9.90 Å². The van der Waals surface area contributed by atoms with E-state index in [0.29, 0.717) is 30.3 Å². The van der Waals surface area contributed by atoms with E-state index in [4.69, 9.17) is 14.2 Å². The number of hydrogen-bond acceptors (Lipinski definition) is 5. The number of fused-ring (bicyclic) bond motifs is 1. The molecule has 0 bridgehead atoms. The van der Waals surface area contributed by atoms with Gasteiger partial charge in [-0.15, -0.1) is 6.58 Å². The van der Waals surface area contributed by atoms with Crippen molar-refractivity contribution in [3.63, 3.8) is 0 Å². The molecule has 30 heavy (non-hydrogen) atoms. The molecule has 2 rings (SSSR count). The van der Waals surface area contributed by atoms with Gasteiger partial charge in [0.05, 0.1) is 17.8 Å². The van der Waals surface area contributed by atoms with Gasteiger partial charge in [0, 0.05) is 6.92 Å². The lowest BCUT2D eigenvalue weighted by Gasteiger charge is -2.62. The van der Waals surface area contributed by atoms with Crippen molar-refractivity contribution in [2.75, 3.05) is 20.0 Å². The van der Waals surface area contributed by atoms with Crippen LogP contribution >= 0.6 is 0 Å². The van der Waals surface area contributed by atoms with Gasteiger partial charge in [-0.1, -0.05) is 33.3 Å². The van der Waals surface area contributed by atoms with Crippen molar-refractivity contribution in [2.24, 2.45) is 22.7 Å². The molecule has 174 valence electrons. The lowest BCUT2D eigenvalue weighted by molar-refractivity contribution is -0.228. The van der Waals surface area contributed by atoms with Crippen LogP contribution in [0.15, 0.2) is 12.7 Å². The largest absolute Gasteiger partial charge is 0.463 e. The molecule has 0 aromatic carbocycles. The summed E-state index contributed by atoms with van der Waals surface area (Å²) in [7, 11) is 0. The molecule has 2 saturated carbocycles. The molecule has 0 aromatic heterocycles. The first-order valence-electron chi connectivity index (χ1n) is 11.6. The number of aliphatic hydroxyl groups is 1. The summed E-state index contributed by atoms with van der Waals surface area (Å²) in [4.78, 5) is 10.9. The molecule has 3 unspecified atom stereocenters. The molecule has 0 radical (unpaired) electrons. The minimum atomic E-state index is -0.866. The molecule has 2 fully saturated rings. The molecule has 0 saturated heterocycles. The summed E-state index contributed by atoms with van der Waals surface area (Å²) in [6, 6.07) is 0. The van der Waals surface area contributed by atoms with E-state index >= 15 is 0 Å². The molecule has 5 nitrogen and oxygen atoms in total. The van der Waals surface area contributed by atoms with E-state index in [1.54, 1.807) is 6.08 Å². The molecule has 0 aliphatic heterocycles. The molecule has 0 heterocycles. The van der Waals surface area contributed by atoms with Crippen LogP contribution in [0.2, 0.25) is 0 Å². The third-order valence-electron chi connectivity index (χ3n) is 8.12. The summed E-state index contributed by atoms with van der Waals surface area (Å²) in [6.45, 7) is 17.3. The van der Waals surface area contributed by atoms with Gasteiger partial charge in [-0.2, -0.15) is 0 Å². The first-order valence-corrected chi connectivity index (χ1v) is 11.6. The quantitative estimate of drug-likeness (QED) is 0.224. The van der Waals surface area contributed by atoms with Crippen molar-refractivity contribution >= 4 is 5.97 Å². The number of carbonyl (C=O) groups is 1. The molecule has 0 spiro atoms. The predicted molar refractivity (Wildman–Crippen MR) is 119 cm³/mol. The Morgan fingerprint density at radius 1 is 1.20 bits per heavy atom. The number of carbonyl (C=O) groups excluding carboxylic acids is 1. The lowest BCUT2D eigenvalue weighted by Crippen LogP contribution is -2.58. The van der Waals surface area contributed by atoms with E-state index in [1.165, 1.54) is 26.2 Å². The second-order valence-corrected chi connectivity index (χ2v) is 10.9. The number of rotatable bonds is 10.